The summed E-state index contributed by atoms with van der Waals surface area (Å²) < 4.78 is 0. The van der Waals surface area contributed by atoms with Crippen LogP contribution in [0.25, 0.3) is 10.8 Å². The number of aliphatic imine (C=N–C) groups is 2. The molecule has 27 heteroatoms. The number of carbonyl (C=O) groups excluding carboxylic acids is 7. The molecule has 404 valence electrons. The summed E-state index contributed by atoms with van der Waals surface area (Å²) in [6.45, 7) is 0.104. The van der Waals surface area contributed by atoms with Crippen molar-refractivity contribution in [1.82, 2.24) is 41.7 Å². The zero-order valence-electron chi connectivity index (χ0n) is 41.1. The van der Waals surface area contributed by atoms with Gasteiger partial charge in [0.15, 0.2) is 11.9 Å². The van der Waals surface area contributed by atoms with Gasteiger partial charge in [-0.3, -0.25) is 53.1 Å². The molecule has 7 amide bonds. The Morgan fingerprint density at radius 2 is 1.26 bits per heavy atom. The maximum Gasteiger partial charge on any atom is 0.326 e. The lowest BCUT2D eigenvalue weighted by Gasteiger charge is -2.37. The number of carboxylic acids is 3. The minimum atomic E-state index is -1.88. The van der Waals surface area contributed by atoms with Gasteiger partial charge < -0.3 is 80.0 Å². The number of hydrogen-bond donors (Lipinski definition) is 13. The molecule has 0 aliphatic carbocycles. The number of aliphatic carboxylic acids is 3. The van der Waals surface area contributed by atoms with Gasteiger partial charge in [0.05, 0.1) is 25.4 Å². The number of benzene rings is 2. The quantitative estimate of drug-likeness (QED) is 0.0224. The van der Waals surface area contributed by atoms with Gasteiger partial charge in [0.2, 0.25) is 41.4 Å². The van der Waals surface area contributed by atoms with Crippen LogP contribution in [-0.2, 0) is 54.4 Å². The van der Waals surface area contributed by atoms with Crippen molar-refractivity contribution in [2.45, 2.75) is 119 Å². The zero-order valence-corrected chi connectivity index (χ0v) is 41.1. The topological polar surface area (TPSA) is 439 Å². The van der Waals surface area contributed by atoms with E-state index in [1.54, 1.807) is 12.1 Å². The van der Waals surface area contributed by atoms with Crippen LogP contribution in [0.15, 0.2) is 52.4 Å². The summed E-state index contributed by atoms with van der Waals surface area (Å²) in [5, 5.41) is 45.9. The summed E-state index contributed by atoms with van der Waals surface area (Å²) in [4.78, 5) is 143. The van der Waals surface area contributed by atoms with Crippen LogP contribution in [0.5, 0.6) is 0 Å². The highest BCUT2D eigenvalue weighted by Gasteiger charge is 2.39. The Labute approximate surface area is 426 Å². The van der Waals surface area contributed by atoms with Crippen LogP contribution in [-0.4, -0.2) is 178 Å². The number of piperidine rings is 1. The van der Waals surface area contributed by atoms with Crippen LogP contribution in [0.3, 0.4) is 0 Å². The van der Waals surface area contributed by atoms with E-state index in [4.69, 9.17) is 22.9 Å². The molecule has 0 spiro atoms. The second kappa shape index (κ2) is 28.8. The fourth-order valence-electron chi connectivity index (χ4n) is 8.55. The van der Waals surface area contributed by atoms with Crippen molar-refractivity contribution in [3.8, 4) is 0 Å². The minimum Gasteiger partial charge on any atom is -0.481 e. The molecule has 2 aliphatic rings. The standard InChI is InChI=1S/C47H68N14O13/c1-60(43(71)31-13-8-17-52-31)25-36(62)55-33(23-37(63)64)44(72)61-20-5-4-14-35(61)42(70)58-32(22-26-15-16-27-9-2-3-10-28(27)21-26)41(69)57-29(11-6-18-53-46(48)49)39(67)56-30(12-7-19-54-47(50)51)40(68)59-34(45(73)74)24-38(65)66/h2-3,9-10,15-16,21,29-35,52H,4-8,11-14,17-20,22-25H2,1H3,(H,55,62)(H,56,67)(H,57,69)(H,58,70)(H,59,68)(H,63,64)(H,65,66)(H,73,74)(H4,48,49,53)(H4,50,51,54)/t29-,30-,31-,32-,33+,34+,35-/m0/s1. The lowest BCUT2D eigenvalue weighted by molar-refractivity contribution is -0.149. The molecule has 2 aliphatic heterocycles. The van der Waals surface area contributed by atoms with E-state index in [-0.39, 0.29) is 76.0 Å². The average molecular weight is 1040 g/mol. The van der Waals surface area contributed by atoms with E-state index in [0.29, 0.717) is 31.4 Å². The van der Waals surface area contributed by atoms with E-state index < -0.39 is 115 Å². The molecule has 2 aromatic rings. The first kappa shape index (κ1) is 58.5. The number of amides is 7. The first-order chi connectivity index (χ1) is 35.1. The number of likely N-dealkylation sites (N-methyl/N-ethyl adjacent to an activating group) is 1. The Morgan fingerprint density at radius 1 is 0.689 bits per heavy atom. The average Bonchev–Trinajstić information content (AvgIpc) is 3.89. The molecule has 74 heavy (non-hydrogen) atoms. The van der Waals surface area contributed by atoms with E-state index in [0.717, 1.165) is 22.1 Å². The molecular formula is C47H68N14O13. The van der Waals surface area contributed by atoms with Crippen molar-refractivity contribution >= 4 is 81.9 Å². The Kier molecular flexibility index (Phi) is 22.8. The third kappa shape index (κ3) is 18.8. The molecule has 2 heterocycles. The number of carboxylic acid groups (broad SMARTS) is 3. The van der Waals surface area contributed by atoms with Crippen LogP contribution in [0.2, 0.25) is 0 Å². The van der Waals surface area contributed by atoms with Gasteiger partial charge in [-0.2, -0.15) is 0 Å². The second-order valence-corrected chi connectivity index (χ2v) is 18.1. The summed E-state index contributed by atoms with van der Waals surface area (Å²) >= 11 is 0. The van der Waals surface area contributed by atoms with Gasteiger partial charge in [-0.1, -0.05) is 42.5 Å². The fourth-order valence-corrected chi connectivity index (χ4v) is 8.55. The van der Waals surface area contributed by atoms with Crippen LogP contribution >= 0.6 is 0 Å². The predicted molar refractivity (Wildman–Crippen MR) is 267 cm³/mol. The maximum absolute atomic E-state index is 14.7. The Morgan fingerprint density at radius 3 is 1.81 bits per heavy atom. The van der Waals surface area contributed by atoms with Crippen molar-refractivity contribution in [3.63, 3.8) is 0 Å². The predicted octanol–water partition coefficient (Wildman–Crippen LogP) is -3.46. The van der Waals surface area contributed by atoms with E-state index in [9.17, 15) is 63.3 Å². The highest BCUT2D eigenvalue weighted by molar-refractivity contribution is 5.98. The summed E-state index contributed by atoms with van der Waals surface area (Å²) in [6, 6.07) is 2.99. The van der Waals surface area contributed by atoms with Crippen LogP contribution in [0.1, 0.15) is 76.2 Å². The number of nitrogens with two attached hydrogens (primary N) is 4. The molecule has 2 fully saturated rings. The number of hydrogen-bond acceptors (Lipinski definition) is 13. The molecule has 27 nitrogen and oxygen atoms in total. The van der Waals surface area contributed by atoms with Gasteiger partial charge in [0.1, 0.15) is 36.3 Å². The number of guanidine groups is 2. The molecular weight excluding hydrogens is 969 g/mol. The third-order valence-electron chi connectivity index (χ3n) is 12.3. The minimum absolute atomic E-state index is 0.0151. The monoisotopic (exact) mass is 1040 g/mol. The number of nitrogens with one attached hydrogen (secondary N) is 6. The molecule has 4 rings (SSSR count). The zero-order chi connectivity index (χ0) is 54.5. The van der Waals surface area contributed by atoms with Crippen molar-refractivity contribution in [3.05, 3.63) is 48.0 Å². The molecule has 7 atom stereocenters. The van der Waals surface area contributed by atoms with Gasteiger partial charge in [-0.15, -0.1) is 0 Å². The molecule has 0 unspecified atom stereocenters. The second-order valence-electron chi connectivity index (χ2n) is 18.1. The molecule has 2 saturated heterocycles. The van der Waals surface area contributed by atoms with Gasteiger partial charge in [-0.25, -0.2) is 4.79 Å². The van der Waals surface area contributed by atoms with E-state index in [1.807, 2.05) is 30.3 Å². The number of fused-ring (bicyclic) bond motifs is 1. The highest BCUT2D eigenvalue weighted by atomic mass is 16.4. The molecule has 0 bridgehead atoms. The maximum atomic E-state index is 14.7. The van der Waals surface area contributed by atoms with Crippen molar-refractivity contribution in [2.24, 2.45) is 32.9 Å². The Hall–Kier alpha value is -8.10. The summed E-state index contributed by atoms with van der Waals surface area (Å²) in [7, 11) is 1.41. The van der Waals surface area contributed by atoms with E-state index in [2.05, 4.69) is 41.9 Å². The first-order valence-electron chi connectivity index (χ1n) is 24.2. The van der Waals surface area contributed by atoms with Crippen LogP contribution in [0, 0.1) is 0 Å². The lowest BCUT2D eigenvalue weighted by atomic mass is 9.97. The largest absolute Gasteiger partial charge is 0.481 e. The van der Waals surface area contributed by atoms with Gasteiger partial charge in [-0.05, 0) is 80.7 Å². The Bertz CT molecular complexity index is 2420. The lowest BCUT2D eigenvalue weighted by Crippen LogP contribution is -2.61. The van der Waals surface area contributed by atoms with E-state index >= 15 is 0 Å². The van der Waals surface area contributed by atoms with Gasteiger partial charge in [0, 0.05) is 33.1 Å². The molecule has 0 radical (unpaired) electrons. The number of likely N-dealkylation sites (tertiary alicyclic amines) is 1. The number of carbonyl (C=O) groups is 10. The molecule has 0 aromatic heterocycles. The summed E-state index contributed by atoms with van der Waals surface area (Å²) in [5.74, 6) is -10.9. The van der Waals surface area contributed by atoms with Gasteiger partial charge in [0.25, 0.3) is 0 Å². The molecule has 0 saturated carbocycles. The summed E-state index contributed by atoms with van der Waals surface area (Å²) in [5.41, 5.74) is 22.5. The fraction of sp³-hybridized carbons (Fsp3) is 0.532. The van der Waals surface area contributed by atoms with Crippen molar-refractivity contribution < 1.29 is 63.3 Å². The molecule has 17 N–H and O–H groups in total. The van der Waals surface area contributed by atoms with Crippen molar-refractivity contribution in [1.29, 1.82) is 0 Å². The third-order valence-corrected chi connectivity index (χ3v) is 12.3. The number of nitrogens with zero attached hydrogens (tertiary/aromatic N) is 4. The van der Waals surface area contributed by atoms with Crippen molar-refractivity contribution in [2.75, 3.05) is 39.8 Å². The normalized spacial score (nSPS) is 17.2. The number of rotatable bonds is 28. The smallest absolute Gasteiger partial charge is 0.326 e. The molecule has 2 aromatic carbocycles. The van der Waals surface area contributed by atoms with Crippen LogP contribution in [0.4, 0.5) is 0 Å². The van der Waals surface area contributed by atoms with Gasteiger partial charge >= 0.3 is 17.9 Å². The Balaban J connectivity index is 1.64. The van der Waals surface area contributed by atoms with E-state index in [1.165, 1.54) is 11.9 Å². The summed E-state index contributed by atoms with van der Waals surface area (Å²) in [6.07, 6.45) is 0.0830. The SMILES string of the molecule is CN(CC(=O)N[C@H](CC(=O)O)C(=O)N1CCCC[C@H]1C(=O)N[C@@H](Cc1ccc2ccccc2c1)C(=O)N[C@@H](CCCN=C(N)N)C(=O)N[C@@H](CCCN=C(N)N)C(=O)N[C@H](CC(=O)O)C(=O)O)C(=O)[C@@H]1CCCN1. The van der Waals surface area contributed by atoms with Crippen LogP contribution < -0.4 is 54.8 Å². The first-order valence-corrected chi connectivity index (χ1v) is 24.2. The highest BCUT2D eigenvalue weighted by Crippen LogP contribution is 2.21.